The molecule has 0 aliphatic carbocycles. The zero-order valence-electron chi connectivity index (χ0n) is 15.0. The Balaban J connectivity index is 1.38. The summed E-state index contributed by atoms with van der Waals surface area (Å²) >= 11 is 0. The van der Waals surface area contributed by atoms with Gasteiger partial charge in [-0.15, -0.1) is 0 Å². The summed E-state index contributed by atoms with van der Waals surface area (Å²) in [6.45, 7) is 0.366. The van der Waals surface area contributed by atoms with E-state index in [0.29, 0.717) is 18.2 Å². The SMILES string of the molecule is O=C(COc1cccc([C@H]2CC(=O)Nc3ncnn32)c1)NCc1ccccc1. The standard InChI is InChI=1S/C20H19N5O3/c26-18-10-17(25-20(24-18)22-13-23-25)15-7-4-8-16(9-15)28-12-19(27)21-11-14-5-2-1-3-6-14/h1-9,13,17H,10-12H2,(H,21,27)(H,22,23,24,26)/t17-/m1/s1. The summed E-state index contributed by atoms with van der Waals surface area (Å²) in [5, 5.41) is 9.70. The van der Waals surface area contributed by atoms with Crippen molar-refractivity contribution in [2.75, 3.05) is 11.9 Å². The Morgan fingerprint density at radius 2 is 2.07 bits per heavy atom. The molecule has 0 spiro atoms. The van der Waals surface area contributed by atoms with Crippen LogP contribution < -0.4 is 15.4 Å². The second-order valence-corrected chi connectivity index (χ2v) is 6.42. The average molecular weight is 377 g/mol. The van der Waals surface area contributed by atoms with E-state index in [1.54, 1.807) is 10.7 Å². The van der Waals surface area contributed by atoms with Crippen molar-refractivity contribution >= 4 is 17.8 Å². The van der Waals surface area contributed by atoms with E-state index >= 15 is 0 Å². The molecule has 3 aromatic rings. The summed E-state index contributed by atoms with van der Waals surface area (Å²) in [5.74, 6) is 0.662. The maximum absolute atomic E-state index is 12.0. The van der Waals surface area contributed by atoms with Crippen LogP contribution in [0.2, 0.25) is 0 Å². The van der Waals surface area contributed by atoms with Gasteiger partial charge < -0.3 is 10.1 Å². The van der Waals surface area contributed by atoms with Gasteiger partial charge in [0, 0.05) is 6.54 Å². The van der Waals surface area contributed by atoms with Crippen LogP contribution in [0.15, 0.2) is 60.9 Å². The number of hydrogen-bond acceptors (Lipinski definition) is 5. The molecule has 2 aromatic carbocycles. The van der Waals surface area contributed by atoms with E-state index in [2.05, 4.69) is 20.7 Å². The fraction of sp³-hybridized carbons (Fsp3) is 0.200. The molecule has 142 valence electrons. The minimum absolute atomic E-state index is 0.0873. The highest BCUT2D eigenvalue weighted by molar-refractivity contribution is 5.91. The van der Waals surface area contributed by atoms with Crippen LogP contribution in [0.5, 0.6) is 5.75 Å². The van der Waals surface area contributed by atoms with Crippen molar-refractivity contribution in [2.45, 2.75) is 19.0 Å². The molecule has 0 radical (unpaired) electrons. The lowest BCUT2D eigenvalue weighted by molar-refractivity contribution is -0.123. The molecule has 0 unspecified atom stereocenters. The third-order valence-electron chi connectivity index (χ3n) is 4.44. The summed E-state index contributed by atoms with van der Waals surface area (Å²) in [4.78, 5) is 28.0. The lowest BCUT2D eigenvalue weighted by atomic mass is 10.0. The van der Waals surface area contributed by atoms with Gasteiger partial charge in [0.15, 0.2) is 6.61 Å². The second kappa shape index (κ2) is 7.91. The Labute approximate surface area is 161 Å². The molecule has 1 aliphatic rings. The molecule has 0 saturated carbocycles. The maximum atomic E-state index is 12.0. The summed E-state index contributed by atoms with van der Waals surface area (Å²) in [5.41, 5.74) is 1.89. The number of aromatic nitrogens is 3. The lowest BCUT2D eigenvalue weighted by Crippen LogP contribution is -2.29. The molecule has 8 nitrogen and oxygen atoms in total. The van der Waals surface area contributed by atoms with E-state index in [4.69, 9.17) is 4.74 Å². The van der Waals surface area contributed by atoms with Crippen molar-refractivity contribution < 1.29 is 14.3 Å². The summed E-state index contributed by atoms with van der Waals surface area (Å²) in [6, 6.07) is 16.7. The molecule has 1 atom stereocenters. The fourth-order valence-corrected chi connectivity index (χ4v) is 3.07. The van der Waals surface area contributed by atoms with Crippen LogP contribution in [0, 0.1) is 0 Å². The number of carbonyl (C=O) groups is 2. The second-order valence-electron chi connectivity index (χ2n) is 6.42. The number of benzene rings is 2. The van der Waals surface area contributed by atoms with Crippen LogP contribution in [-0.2, 0) is 16.1 Å². The zero-order valence-corrected chi connectivity index (χ0v) is 15.0. The Morgan fingerprint density at radius 3 is 2.93 bits per heavy atom. The first-order chi connectivity index (χ1) is 13.7. The third-order valence-corrected chi connectivity index (χ3v) is 4.44. The van der Waals surface area contributed by atoms with E-state index in [-0.39, 0.29) is 30.9 Å². The van der Waals surface area contributed by atoms with Crippen LogP contribution in [0.1, 0.15) is 23.6 Å². The molecule has 1 aromatic heterocycles. The fourth-order valence-electron chi connectivity index (χ4n) is 3.07. The van der Waals surface area contributed by atoms with Crippen LogP contribution in [0.25, 0.3) is 0 Å². The van der Waals surface area contributed by atoms with Crippen molar-refractivity contribution in [3.8, 4) is 5.75 Å². The van der Waals surface area contributed by atoms with Gasteiger partial charge in [0.2, 0.25) is 11.9 Å². The van der Waals surface area contributed by atoms with Crippen molar-refractivity contribution in [3.05, 3.63) is 72.1 Å². The molecule has 4 rings (SSSR count). The highest BCUT2D eigenvalue weighted by Gasteiger charge is 2.27. The number of nitrogens with zero attached hydrogens (tertiary/aromatic N) is 3. The normalized spacial score (nSPS) is 15.4. The highest BCUT2D eigenvalue weighted by Crippen LogP contribution is 2.30. The van der Waals surface area contributed by atoms with Crippen molar-refractivity contribution in [1.82, 2.24) is 20.1 Å². The molecule has 28 heavy (non-hydrogen) atoms. The molecule has 8 heteroatoms. The van der Waals surface area contributed by atoms with Gasteiger partial charge in [-0.25, -0.2) is 4.68 Å². The summed E-state index contributed by atoms with van der Waals surface area (Å²) in [7, 11) is 0. The number of carbonyl (C=O) groups excluding carboxylic acids is 2. The number of rotatable bonds is 6. The molecule has 2 heterocycles. The number of ether oxygens (including phenoxy) is 1. The van der Waals surface area contributed by atoms with E-state index in [9.17, 15) is 9.59 Å². The minimum Gasteiger partial charge on any atom is -0.484 e. The Bertz CT molecular complexity index is 986. The van der Waals surface area contributed by atoms with Gasteiger partial charge in [-0.05, 0) is 23.3 Å². The monoisotopic (exact) mass is 377 g/mol. The smallest absolute Gasteiger partial charge is 0.258 e. The molecular formula is C20H19N5O3. The molecular weight excluding hydrogens is 358 g/mol. The molecule has 2 amide bonds. The van der Waals surface area contributed by atoms with Crippen molar-refractivity contribution in [1.29, 1.82) is 0 Å². The molecule has 0 saturated heterocycles. The zero-order chi connectivity index (χ0) is 19.3. The topological polar surface area (TPSA) is 98.1 Å². The lowest BCUT2D eigenvalue weighted by Gasteiger charge is -2.24. The first kappa shape index (κ1) is 17.7. The Kier molecular flexibility index (Phi) is 5.01. The number of nitrogens with one attached hydrogen (secondary N) is 2. The van der Waals surface area contributed by atoms with E-state index in [1.165, 1.54) is 6.33 Å². The molecule has 1 aliphatic heterocycles. The molecule has 0 bridgehead atoms. The van der Waals surface area contributed by atoms with Gasteiger partial charge in [-0.2, -0.15) is 10.1 Å². The van der Waals surface area contributed by atoms with Gasteiger partial charge >= 0.3 is 0 Å². The van der Waals surface area contributed by atoms with Gasteiger partial charge in [0.25, 0.3) is 5.91 Å². The van der Waals surface area contributed by atoms with E-state index in [1.807, 2.05) is 48.5 Å². The van der Waals surface area contributed by atoms with Crippen LogP contribution in [0.3, 0.4) is 0 Å². The summed E-state index contributed by atoms with van der Waals surface area (Å²) in [6.07, 6.45) is 1.67. The predicted molar refractivity (Wildman–Crippen MR) is 102 cm³/mol. The first-order valence-electron chi connectivity index (χ1n) is 8.92. The van der Waals surface area contributed by atoms with Crippen molar-refractivity contribution in [2.24, 2.45) is 0 Å². The van der Waals surface area contributed by atoms with Crippen LogP contribution in [0.4, 0.5) is 5.95 Å². The van der Waals surface area contributed by atoms with E-state index in [0.717, 1.165) is 11.1 Å². The number of fused-ring (bicyclic) bond motifs is 1. The quantitative estimate of drug-likeness (QED) is 0.684. The molecule has 0 fully saturated rings. The molecule has 2 N–H and O–H groups in total. The Hall–Kier alpha value is -3.68. The average Bonchev–Trinajstić information content (AvgIpc) is 3.19. The minimum atomic E-state index is -0.262. The van der Waals surface area contributed by atoms with Gasteiger partial charge in [-0.3, -0.25) is 14.9 Å². The summed E-state index contributed by atoms with van der Waals surface area (Å²) < 4.78 is 7.30. The predicted octanol–water partition coefficient (Wildman–Crippen LogP) is 1.90. The largest absolute Gasteiger partial charge is 0.484 e. The third kappa shape index (κ3) is 4.01. The number of anilines is 1. The highest BCUT2D eigenvalue weighted by atomic mass is 16.5. The number of hydrogen-bond donors (Lipinski definition) is 2. The van der Waals surface area contributed by atoms with Gasteiger partial charge in [-0.1, -0.05) is 42.5 Å². The number of amides is 2. The van der Waals surface area contributed by atoms with Crippen LogP contribution >= 0.6 is 0 Å². The van der Waals surface area contributed by atoms with Gasteiger partial charge in [0.05, 0.1) is 12.5 Å². The Morgan fingerprint density at radius 1 is 1.21 bits per heavy atom. The van der Waals surface area contributed by atoms with Crippen LogP contribution in [-0.4, -0.2) is 33.2 Å². The van der Waals surface area contributed by atoms with Crippen molar-refractivity contribution in [3.63, 3.8) is 0 Å². The first-order valence-corrected chi connectivity index (χ1v) is 8.92. The van der Waals surface area contributed by atoms with Gasteiger partial charge in [0.1, 0.15) is 12.1 Å². The maximum Gasteiger partial charge on any atom is 0.258 e. The van der Waals surface area contributed by atoms with E-state index < -0.39 is 0 Å².